The molecule has 7 heteroatoms. The van der Waals surface area contributed by atoms with Crippen LogP contribution in [-0.2, 0) is 4.79 Å². The Morgan fingerprint density at radius 1 is 1.26 bits per heavy atom. The molecule has 1 fully saturated rings. The second-order valence-electron chi connectivity index (χ2n) is 6.43. The first-order valence-corrected chi connectivity index (χ1v) is 9.13. The molecular weight excluding hydrogens is 344 g/mol. The van der Waals surface area contributed by atoms with E-state index in [-0.39, 0.29) is 17.5 Å². The van der Waals surface area contributed by atoms with Gasteiger partial charge < -0.3 is 24.6 Å². The van der Waals surface area contributed by atoms with Crippen LogP contribution in [0.15, 0.2) is 30.0 Å². The number of ether oxygens (including phenoxy) is 2. The quantitative estimate of drug-likeness (QED) is 0.582. The lowest BCUT2D eigenvalue weighted by Gasteiger charge is -2.33. The van der Waals surface area contributed by atoms with E-state index in [0.717, 1.165) is 38.3 Å². The summed E-state index contributed by atoms with van der Waals surface area (Å²) < 4.78 is 10.5. The standard InChI is InChI=1S/C20H28N4O3/c1-5-23-8-10-24(11-9-23)14-17(13-21)20(25)22-15(2)16-6-7-18(26-3)19(12-16)27-4/h6-7,12,14-15H,5,8-11H2,1-4H3,(H,22,25)/b17-14-. The summed E-state index contributed by atoms with van der Waals surface area (Å²) in [6.07, 6.45) is 1.67. The third kappa shape index (κ3) is 5.38. The number of likely N-dealkylation sites (N-methyl/N-ethyl adjacent to an activating group) is 1. The SMILES string of the molecule is CCN1CCN(/C=C(/C#N)C(=O)NC(C)c2ccc(OC)c(OC)c2)CC1. The third-order valence-electron chi connectivity index (χ3n) is 4.79. The minimum atomic E-state index is -0.377. The number of carbonyl (C=O) groups excluding carboxylic acids is 1. The molecule has 0 saturated carbocycles. The van der Waals surface area contributed by atoms with Crippen molar-refractivity contribution in [3.05, 3.63) is 35.5 Å². The summed E-state index contributed by atoms with van der Waals surface area (Å²) in [5, 5.41) is 12.3. The van der Waals surface area contributed by atoms with Gasteiger partial charge in [0.1, 0.15) is 11.6 Å². The summed E-state index contributed by atoms with van der Waals surface area (Å²) in [7, 11) is 3.15. The fraction of sp³-hybridized carbons (Fsp3) is 0.500. The van der Waals surface area contributed by atoms with Gasteiger partial charge in [-0.1, -0.05) is 13.0 Å². The monoisotopic (exact) mass is 372 g/mol. The van der Waals surface area contributed by atoms with Gasteiger partial charge in [-0.15, -0.1) is 0 Å². The lowest BCUT2D eigenvalue weighted by molar-refractivity contribution is -0.117. The van der Waals surface area contributed by atoms with E-state index in [1.165, 1.54) is 0 Å². The number of nitrogens with zero attached hydrogens (tertiary/aromatic N) is 3. The molecular formula is C20H28N4O3. The van der Waals surface area contributed by atoms with E-state index in [2.05, 4.69) is 17.1 Å². The van der Waals surface area contributed by atoms with Gasteiger partial charge in [0.15, 0.2) is 11.5 Å². The number of methoxy groups -OCH3 is 2. The van der Waals surface area contributed by atoms with Crippen LogP contribution in [0.3, 0.4) is 0 Å². The molecule has 1 saturated heterocycles. The highest BCUT2D eigenvalue weighted by molar-refractivity contribution is 5.97. The highest BCUT2D eigenvalue weighted by atomic mass is 16.5. The van der Waals surface area contributed by atoms with E-state index in [0.29, 0.717) is 11.5 Å². The Morgan fingerprint density at radius 2 is 1.93 bits per heavy atom. The molecule has 0 aliphatic carbocycles. The Kier molecular flexibility index (Phi) is 7.50. The minimum absolute atomic E-state index is 0.118. The van der Waals surface area contributed by atoms with Crippen LogP contribution in [-0.4, -0.2) is 62.7 Å². The molecule has 2 rings (SSSR count). The largest absolute Gasteiger partial charge is 0.493 e. The van der Waals surface area contributed by atoms with Gasteiger partial charge in [0.2, 0.25) is 0 Å². The van der Waals surface area contributed by atoms with E-state index in [1.807, 2.05) is 30.0 Å². The number of rotatable bonds is 7. The summed E-state index contributed by atoms with van der Waals surface area (Å²) in [6.45, 7) is 8.54. The van der Waals surface area contributed by atoms with Gasteiger partial charge in [-0.25, -0.2) is 0 Å². The zero-order valence-corrected chi connectivity index (χ0v) is 16.5. The van der Waals surface area contributed by atoms with Crippen LogP contribution in [0, 0.1) is 11.3 Å². The number of amides is 1. The predicted octanol–water partition coefficient (Wildman–Crippen LogP) is 1.93. The van der Waals surface area contributed by atoms with Gasteiger partial charge in [-0.3, -0.25) is 4.79 Å². The van der Waals surface area contributed by atoms with Crippen molar-refractivity contribution in [3.63, 3.8) is 0 Å². The molecule has 27 heavy (non-hydrogen) atoms. The first kappa shape index (κ1) is 20.6. The topological polar surface area (TPSA) is 77.8 Å². The fourth-order valence-electron chi connectivity index (χ4n) is 3.01. The average molecular weight is 372 g/mol. The fourth-order valence-corrected chi connectivity index (χ4v) is 3.01. The van der Waals surface area contributed by atoms with Gasteiger partial charge in [0.05, 0.1) is 20.3 Å². The van der Waals surface area contributed by atoms with Crippen LogP contribution in [0.2, 0.25) is 0 Å². The second-order valence-corrected chi connectivity index (χ2v) is 6.43. The summed E-state index contributed by atoms with van der Waals surface area (Å²) in [6, 6.07) is 7.24. The Hall–Kier alpha value is -2.72. The normalized spacial score (nSPS) is 16.4. The number of hydrogen-bond donors (Lipinski definition) is 1. The smallest absolute Gasteiger partial charge is 0.263 e. The number of hydrogen-bond acceptors (Lipinski definition) is 6. The Morgan fingerprint density at radius 3 is 2.48 bits per heavy atom. The van der Waals surface area contributed by atoms with E-state index < -0.39 is 0 Å². The first-order valence-electron chi connectivity index (χ1n) is 9.13. The van der Waals surface area contributed by atoms with Crippen molar-refractivity contribution in [1.29, 1.82) is 5.26 Å². The Balaban J connectivity index is 2.04. The molecule has 0 aromatic heterocycles. The van der Waals surface area contributed by atoms with E-state index >= 15 is 0 Å². The zero-order chi connectivity index (χ0) is 19.8. The van der Waals surface area contributed by atoms with Crippen molar-refractivity contribution in [2.24, 2.45) is 0 Å². The molecule has 146 valence electrons. The molecule has 0 bridgehead atoms. The zero-order valence-electron chi connectivity index (χ0n) is 16.5. The molecule has 7 nitrogen and oxygen atoms in total. The summed E-state index contributed by atoms with van der Waals surface area (Å²) in [4.78, 5) is 16.9. The predicted molar refractivity (Wildman–Crippen MR) is 103 cm³/mol. The average Bonchev–Trinajstić information content (AvgIpc) is 2.71. The van der Waals surface area contributed by atoms with Crippen LogP contribution >= 0.6 is 0 Å². The van der Waals surface area contributed by atoms with Crippen LogP contribution in [0.25, 0.3) is 0 Å². The highest BCUT2D eigenvalue weighted by Gasteiger charge is 2.18. The van der Waals surface area contributed by atoms with Crippen LogP contribution in [0.1, 0.15) is 25.5 Å². The van der Waals surface area contributed by atoms with E-state index in [1.54, 1.807) is 26.5 Å². The molecule has 1 aromatic rings. The molecule has 1 atom stereocenters. The molecule has 1 N–H and O–H groups in total. The summed E-state index contributed by atoms with van der Waals surface area (Å²) in [5.74, 6) is 0.849. The first-order chi connectivity index (χ1) is 13.0. The van der Waals surface area contributed by atoms with Crippen molar-refractivity contribution in [1.82, 2.24) is 15.1 Å². The maximum Gasteiger partial charge on any atom is 0.263 e. The van der Waals surface area contributed by atoms with Gasteiger partial charge >= 0.3 is 0 Å². The summed E-state index contributed by atoms with van der Waals surface area (Å²) in [5.41, 5.74) is 0.988. The number of nitriles is 1. The van der Waals surface area contributed by atoms with Gasteiger partial charge in [0.25, 0.3) is 5.91 Å². The number of benzene rings is 1. The Labute approximate surface area is 161 Å². The van der Waals surface area contributed by atoms with Crippen LogP contribution in [0.5, 0.6) is 11.5 Å². The minimum Gasteiger partial charge on any atom is -0.493 e. The molecule has 1 heterocycles. The van der Waals surface area contributed by atoms with Crippen molar-refractivity contribution in [3.8, 4) is 17.6 Å². The second kappa shape index (κ2) is 9.83. The van der Waals surface area contributed by atoms with E-state index in [4.69, 9.17) is 9.47 Å². The molecule has 1 aliphatic heterocycles. The molecule has 1 amide bonds. The third-order valence-corrected chi connectivity index (χ3v) is 4.79. The highest BCUT2D eigenvalue weighted by Crippen LogP contribution is 2.29. The maximum atomic E-state index is 12.5. The van der Waals surface area contributed by atoms with Gasteiger partial charge in [0, 0.05) is 32.4 Å². The molecule has 0 spiro atoms. The maximum absolute atomic E-state index is 12.5. The lowest BCUT2D eigenvalue weighted by Crippen LogP contribution is -2.44. The number of carbonyl (C=O) groups is 1. The molecule has 0 radical (unpaired) electrons. The molecule has 1 unspecified atom stereocenters. The number of nitrogens with one attached hydrogen (secondary N) is 1. The van der Waals surface area contributed by atoms with Gasteiger partial charge in [-0.05, 0) is 31.2 Å². The summed E-state index contributed by atoms with van der Waals surface area (Å²) >= 11 is 0. The van der Waals surface area contributed by atoms with Crippen molar-refractivity contribution in [2.75, 3.05) is 46.9 Å². The van der Waals surface area contributed by atoms with Crippen molar-refractivity contribution < 1.29 is 14.3 Å². The molecule has 1 aliphatic rings. The Bertz CT molecular complexity index is 718. The van der Waals surface area contributed by atoms with Crippen LogP contribution < -0.4 is 14.8 Å². The van der Waals surface area contributed by atoms with E-state index in [9.17, 15) is 10.1 Å². The van der Waals surface area contributed by atoms with Crippen molar-refractivity contribution in [2.45, 2.75) is 19.9 Å². The van der Waals surface area contributed by atoms with Crippen LogP contribution in [0.4, 0.5) is 0 Å². The van der Waals surface area contributed by atoms with Gasteiger partial charge in [-0.2, -0.15) is 5.26 Å². The lowest BCUT2D eigenvalue weighted by atomic mass is 10.1. The number of piperazine rings is 1. The molecule has 1 aromatic carbocycles. The van der Waals surface area contributed by atoms with Crippen molar-refractivity contribution >= 4 is 5.91 Å².